The molecule has 3 atom stereocenters. The summed E-state index contributed by atoms with van der Waals surface area (Å²) in [4.78, 5) is 24.4. The number of allylic oxidation sites excluding steroid dienone is 4. The molecule has 0 saturated carbocycles. The van der Waals surface area contributed by atoms with Crippen molar-refractivity contribution in [2.24, 2.45) is 34.8 Å². The minimum atomic E-state index is -0.826. The first-order valence-electron chi connectivity index (χ1n) is 13.8. The Kier molecular flexibility index (Phi) is 18.5. The van der Waals surface area contributed by atoms with E-state index in [1.165, 1.54) is 0 Å². The molecule has 2 amide bonds. The maximum atomic E-state index is 12.9. The van der Waals surface area contributed by atoms with Gasteiger partial charge < -0.3 is 30.4 Å². The number of hydrogen-bond donors (Lipinski definition) is 3. The van der Waals surface area contributed by atoms with Crippen molar-refractivity contribution in [3.63, 3.8) is 0 Å². The van der Waals surface area contributed by atoms with Crippen LogP contribution in [-0.4, -0.2) is 57.0 Å². The van der Waals surface area contributed by atoms with Crippen LogP contribution in [0.1, 0.15) is 73.6 Å². The second-order valence-corrected chi connectivity index (χ2v) is 11.3. The lowest BCUT2D eigenvalue weighted by atomic mass is 9.82. The normalized spacial score (nSPS) is 15.3. The van der Waals surface area contributed by atoms with Crippen LogP contribution in [-0.2, 0) is 23.8 Å². The van der Waals surface area contributed by atoms with Crippen LogP contribution >= 0.6 is 0 Å². The van der Waals surface area contributed by atoms with Crippen LogP contribution in [0, 0.1) is 29.1 Å². The van der Waals surface area contributed by atoms with Crippen LogP contribution in [0.25, 0.3) is 0 Å². The molecule has 0 aliphatic rings. The van der Waals surface area contributed by atoms with Gasteiger partial charge in [-0.25, -0.2) is 0 Å². The molecule has 0 fully saturated rings. The minimum Gasteiger partial charge on any atom is -0.504 e. The van der Waals surface area contributed by atoms with Gasteiger partial charge in [0.25, 0.3) is 0 Å². The highest BCUT2D eigenvalue weighted by Crippen LogP contribution is 2.28. The van der Waals surface area contributed by atoms with Crippen molar-refractivity contribution >= 4 is 11.8 Å². The Morgan fingerprint density at radius 1 is 1.03 bits per heavy atom. The first kappa shape index (κ1) is 35.7. The molecule has 2 unspecified atom stereocenters. The highest BCUT2D eigenvalue weighted by molar-refractivity contribution is 5.83. The van der Waals surface area contributed by atoms with Gasteiger partial charge in [0.1, 0.15) is 0 Å². The summed E-state index contributed by atoms with van der Waals surface area (Å²) in [5.41, 5.74) is 5.71. The molecular weight excluding hydrogens is 484 g/mol. The molecule has 220 valence electrons. The quantitative estimate of drug-likeness (QED) is 0.110. The molecule has 4 N–H and O–H groups in total. The number of aliphatic hydroxyl groups excluding tert-OH is 1. The Morgan fingerprint density at radius 2 is 1.71 bits per heavy atom. The summed E-state index contributed by atoms with van der Waals surface area (Å²) >= 11 is 0. The van der Waals surface area contributed by atoms with E-state index in [0.29, 0.717) is 37.9 Å². The first-order valence-corrected chi connectivity index (χ1v) is 13.8. The predicted molar refractivity (Wildman–Crippen MR) is 153 cm³/mol. The standard InChI is InChI=1S/C30H54N2O6/c1-22(2)25(19-24(11-9-15-36-7)14-18-38-17-10-16-37-8)12-13-26(33)20-27(23(3)4)28(34)32-21-30(5,6)29(31)35/h9,11,14-15,18,22-23,25-27,33H,10,12-13,16-17,19-21H2,1-8H3,(H2,31,35)(H,32,34)/b15-9+,18-14+,24-11+/t25?,26-,27?/m1/s1. The number of nitrogens with one attached hydrogen (secondary N) is 1. The summed E-state index contributed by atoms with van der Waals surface area (Å²) in [7, 11) is 3.28. The largest absolute Gasteiger partial charge is 0.504 e. The van der Waals surface area contributed by atoms with E-state index < -0.39 is 17.4 Å². The van der Waals surface area contributed by atoms with Crippen molar-refractivity contribution in [1.29, 1.82) is 0 Å². The van der Waals surface area contributed by atoms with Crippen LogP contribution in [0.15, 0.2) is 36.3 Å². The van der Waals surface area contributed by atoms with Crippen LogP contribution in [0.2, 0.25) is 0 Å². The number of nitrogens with two attached hydrogens (primary N) is 1. The number of ether oxygens (including phenoxy) is 3. The number of methoxy groups -OCH3 is 2. The van der Waals surface area contributed by atoms with E-state index in [4.69, 9.17) is 19.9 Å². The Balaban J connectivity index is 5.14. The number of aliphatic hydroxyl groups is 1. The Bertz CT molecular complexity index is 758. The van der Waals surface area contributed by atoms with Gasteiger partial charge in [0.05, 0.1) is 37.8 Å². The maximum absolute atomic E-state index is 12.9. The zero-order chi connectivity index (χ0) is 29.1. The van der Waals surface area contributed by atoms with E-state index in [9.17, 15) is 14.7 Å². The fourth-order valence-corrected chi connectivity index (χ4v) is 3.92. The lowest BCUT2D eigenvalue weighted by Gasteiger charge is -2.27. The van der Waals surface area contributed by atoms with E-state index in [1.54, 1.807) is 40.6 Å². The lowest BCUT2D eigenvalue weighted by molar-refractivity contribution is -0.130. The highest BCUT2D eigenvalue weighted by Gasteiger charge is 2.30. The van der Waals surface area contributed by atoms with Crippen molar-refractivity contribution in [3.8, 4) is 0 Å². The fourth-order valence-electron chi connectivity index (χ4n) is 3.92. The Labute approximate surface area is 231 Å². The monoisotopic (exact) mass is 538 g/mol. The number of hydrogen-bond acceptors (Lipinski definition) is 6. The molecule has 0 spiro atoms. The Morgan fingerprint density at radius 3 is 2.26 bits per heavy atom. The summed E-state index contributed by atoms with van der Waals surface area (Å²) < 4.78 is 15.7. The van der Waals surface area contributed by atoms with E-state index in [-0.39, 0.29) is 24.3 Å². The van der Waals surface area contributed by atoms with Gasteiger partial charge in [-0.1, -0.05) is 33.8 Å². The van der Waals surface area contributed by atoms with Crippen molar-refractivity contribution in [2.75, 3.05) is 34.0 Å². The van der Waals surface area contributed by atoms with Crippen LogP contribution < -0.4 is 11.1 Å². The van der Waals surface area contributed by atoms with E-state index in [1.807, 2.05) is 32.1 Å². The van der Waals surface area contributed by atoms with Gasteiger partial charge in [-0.3, -0.25) is 9.59 Å². The summed E-state index contributed by atoms with van der Waals surface area (Å²) in [5.74, 6) is -0.157. The maximum Gasteiger partial charge on any atom is 0.224 e. The van der Waals surface area contributed by atoms with E-state index >= 15 is 0 Å². The van der Waals surface area contributed by atoms with Crippen molar-refractivity contribution in [3.05, 3.63) is 36.3 Å². The molecule has 0 heterocycles. The summed E-state index contributed by atoms with van der Waals surface area (Å²) in [5, 5.41) is 13.7. The van der Waals surface area contributed by atoms with E-state index in [0.717, 1.165) is 24.8 Å². The molecule has 38 heavy (non-hydrogen) atoms. The van der Waals surface area contributed by atoms with Crippen LogP contribution in [0.3, 0.4) is 0 Å². The summed E-state index contributed by atoms with van der Waals surface area (Å²) in [6, 6.07) is 0. The SMILES string of the molecule is CO/C=C/C=C(\C=C\OCCCOC)CC(CC[C@@H](O)CC(C(=O)NCC(C)(C)C(N)=O)C(C)C)C(C)C. The van der Waals surface area contributed by atoms with Crippen LogP contribution in [0.5, 0.6) is 0 Å². The highest BCUT2D eigenvalue weighted by atomic mass is 16.5. The molecule has 0 aliphatic heterocycles. The molecule has 0 aromatic carbocycles. The van der Waals surface area contributed by atoms with Gasteiger partial charge in [0.15, 0.2) is 0 Å². The third kappa shape index (κ3) is 15.8. The topological polar surface area (TPSA) is 120 Å². The first-order chi connectivity index (χ1) is 17.8. The van der Waals surface area contributed by atoms with Crippen LogP contribution in [0.4, 0.5) is 0 Å². The zero-order valence-corrected chi connectivity index (χ0v) is 25.0. The molecule has 0 aliphatic carbocycles. The Hall–Kier alpha value is -2.32. The number of primary amides is 1. The molecule has 0 bridgehead atoms. The second kappa shape index (κ2) is 19.7. The van der Waals surface area contributed by atoms with Gasteiger partial charge in [-0.2, -0.15) is 0 Å². The molecular formula is C30H54N2O6. The number of rotatable bonds is 21. The van der Waals surface area contributed by atoms with Gasteiger partial charge >= 0.3 is 0 Å². The average molecular weight is 539 g/mol. The third-order valence-corrected chi connectivity index (χ3v) is 6.86. The molecule has 0 saturated heterocycles. The lowest BCUT2D eigenvalue weighted by Crippen LogP contribution is -2.45. The number of carbonyl (C=O) groups excluding carboxylic acids is 2. The number of carbonyl (C=O) groups is 2. The minimum absolute atomic E-state index is 0.0540. The molecule has 8 heteroatoms. The predicted octanol–water partition coefficient (Wildman–Crippen LogP) is 4.73. The van der Waals surface area contributed by atoms with Crippen molar-refractivity contribution < 1.29 is 28.9 Å². The molecule has 0 radical (unpaired) electrons. The average Bonchev–Trinajstić information content (AvgIpc) is 2.84. The van der Waals surface area contributed by atoms with Gasteiger partial charge in [0, 0.05) is 32.6 Å². The third-order valence-electron chi connectivity index (χ3n) is 6.86. The van der Waals surface area contributed by atoms with Gasteiger partial charge in [-0.05, 0) is 75.0 Å². The van der Waals surface area contributed by atoms with Crippen molar-refractivity contribution in [1.82, 2.24) is 5.32 Å². The molecule has 0 aromatic heterocycles. The zero-order valence-electron chi connectivity index (χ0n) is 25.0. The molecule has 8 nitrogen and oxygen atoms in total. The smallest absolute Gasteiger partial charge is 0.224 e. The molecule has 0 aromatic rings. The molecule has 0 rings (SSSR count). The summed E-state index contributed by atoms with van der Waals surface area (Å²) in [6.45, 7) is 13.2. The van der Waals surface area contributed by atoms with Gasteiger partial charge in [0.2, 0.25) is 11.8 Å². The summed E-state index contributed by atoms with van der Waals surface area (Å²) in [6.07, 6.45) is 12.1. The van der Waals surface area contributed by atoms with E-state index in [2.05, 4.69) is 19.2 Å². The van der Waals surface area contributed by atoms with Gasteiger partial charge in [-0.15, -0.1) is 0 Å². The van der Waals surface area contributed by atoms with Crippen molar-refractivity contribution in [2.45, 2.75) is 79.8 Å². The fraction of sp³-hybridized carbons (Fsp3) is 0.733. The number of amides is 2. The second-order valence-electron chi connectivity index (χ2n) is 11.3.